The van der Waals surface area contributed by atoms with Crippen LogP contribution in [0.15, 0.2) is 29.2 Å². The Balaban J connectivity index is 2.35. The Hall–Kier alpha value is -0.980. The Morgan fingerprint density at radius 2 is 2.10 bits per heavy atom. The van der Waals surface area contributed by atoms with Crippen molar-refractivity contribution < 1.29 is 8.42 Å². The summed E-state index contributed by atoms with van der Waals surface area (Å²) >= 11 is 4.91. The van der Waals surface area contributed by atoms with E-state index in [-0.39, 0.29) is 15.9 Å². The Bertz CT molecular complexity index is 613. The molecule has 0 spiro atoms. The minimum atomic E-state index is -3.47. The van der Waals surface area contributed by atoms with Gasteiger partial charge in [-0.3, -0.25) is 0 Å². The largest absolute Gasteiger partial charge is 0.389 e. The summed E-state index contributed by atoms with van der Waals surface area (Å²) in [6.07, 6.45) is 1.80. The molecule has 1 fully saturated rings. The molecule has 1 aliphatic heterocycles. The van der Waals surface area contributed by atoms with Gasteiger partial charge in [-0.15, -0.1) is 0 Å². The predicted octanol–water partition coefficient (Wildman–Crippen LogP) is 2.13. The second-order valence-electron chi connectivity index (χ2n) is 5.49. The summed E-state index contributed by atoms with van der Waals surface area (Å²) in [5, 5.41) is 0. The van der Waals surface area contributed by atoms with Gasteiger partial charge in [-0.2, -0.15) is 4.31 Å². The second kappa shape index (κ2) is 5.79. The molecule has 2 unspecified atom stereocenters. The maximum atomic E-state index is 12.7. The third-order valence-electron chi connectivity index (χ3n) is 3.80. The van der Waals surface area contributed by atoms with Crippen LogP contribution in [-0.2, 0) is 10.0 Å². The highest BCUT2D eigenvalue weighted by Gasteiger charge is 2.33. The first-order valence-electron chi connectivity index (χ1n) is 6.74. The number of hydrogen-bond donors (Lipinski definition) is 1. The predicted molar refractivity (Wildman–Crippen MR) is 84.1 cm³/mol. The highest BCUT2D eigenvalue weighted by molar-refractivity contribution is 7.89. The van der Waals surface area contributed by atoms with E-state index in [1.54, 1.807) is 28.6 Å². The molecule has 1 aromatic rings. The van der Waals surface area contributed by atoms with Gasteiger partial charge in [0.15, 0.2) is 0 Å². The number of benzene rings is 1. The lowest BCUT2D eigenvalue weighted by Gasteiger charge is -2.35. The average Bonchev–Trinajstić information content (AvgIpc) is 2.38. The molecule has 20 heavy (non-hydrogen) atoms. The molecule has 2 atom stereocenters. The van der Waals surface area contributed by atoms with Crippen molar-refractivity contribution in [2.75, 3.05) is 6.54 Å². The van der Waals surface area contributed by atoms with E-state index < -0.39 is 10.0 Å². The molecule has 1 heterocycles. The maximum Gasteiger partial charge on any atom is 0.243 e. The van der Waals surface area contributed by atoms with Crippen LogP contribution in [0.5, 0.6) is 0 Å². The molecule has 2 rings (SSSR count). The molecule has 2 N–H and O–H groups in total. The van der Waals surface area contributed by atoms with E-state index in [1.807, 2.05) is 6.92 Å². The number of nitrogens with zero attached hydrogens (tertiary/aromatic N) is 1. The molecular weight excluding hydrogens is 292 g/mol. The molecule has 4 nitrogen and oxygen atoms in total. The Labute approximate surface area is 126 Å². The van der Waals surface area contributed by atoms with Gasteiger partial charge in [-0.1, -0.05) is 31.3 Å². The molecule has 110 valence electrons. The van der Waals surface area contributed by atoms with Crippen LogP contribution in [0.4, 0.5) is 0 Å². The Morgan fingerprint density at radius 1 is 1.40 bits per heavy atom. The Kier molecular flexibility index (Phi) is 4.46. The summed E-state index contributed by atoms with van der Waals surface area (Å²) in [7, 11) is -3.47. The van der Waals surface area contributed by atoms with Crippen molar-refractivity contribution in [3.63, 3.8) is 0 Å². The molecule has 0 aromatic heterocycles. The third-order valence-corrected chi connectivity index (χ3v) is 6.05. The minimum absolute atomic E-state index is 0.0252. The zero-order valence-electron chi connectivity index (χ0n) is 11.7. The highest BCUT2D eigenvalue weighted by Crippen LogP contribution is 2.28. The summed E-state index contributed by atoms with van der Waals surface area (Å²) < 4.78 is 27.0. The lowest BCUT2D eigenvalue weighted by Crippen LogP contribution is -2.44. The van der Waals surface area contributed by atoms with Crippen molar-refractivity contribution in [3.8, 4) is 0 Å². The van der Waals surface area contributed by atoms with E-state index in [2.05, 4.69) is 6.92 Å². The van der Waals surface area contributed by atoms with Crippen molar-refractivity contribution in [3.05, 3.63) is 29.8 Å². The van der Waals surface area contributed by atoms with E-state index >= 15 is 0 Å². The molecule has 6 heteroatoms. The summed E-state index contributed by atoms with van der Waals surface area (Å²) in [6, 6.07) is 6.59. The SMILES string of the molecule is CC1CCN(S(=O)(=O)c2cccc(C(N)=S)c2)C(C)C1. The standard InChI is InChI=1S/C14H20N2O2S2/c1-10-6-7-16(11(2)8-10)20(17,18)13-5-3-4-12(9-13)14(15)19/h3-5,9-11H,6-8H2,1-2H3,(H2,15,19). The van der Waals surface area contributed by atoms with Crippen LogP contribution in [0, 0.1) is 5.92 Å². The zero-order valence-corrected chi connectivity index (χ0v) is 13.4. The molecule has 1 aromatic carbocycles. The quantitative estimate of drug-likeness (QED) is 0.869. The van der Waals surface area contributed by atoms with Gasteiger partial charge in [0.05, 0.1) is 4.90 Å². The fraction of sp³-hybridized carbons (Fsp3) is 0.500. The van der Waals surface area contributed by atoms with E-state index in [1.165, 1.54) is 0 Å². The van der Waals surface area contributed by atoms with E-state index in [4.69, 9.17) is 18.0 Å². The van der Waals surface area contributed by atoms with E-state index in [0.29, 0.717) is 18.0 Å². The van der Waals surface area contributed by atoms with Crippen molar-refractivity contribution >= 4 is 27.2 Å². The average molecular weight is 312 g/mol. The van der Waals surface area contributed by atoms with Crippen molar-refractivity contribution in [2.24, 2.45) is 11.7 Å². The van der Waals surface area contributed by atoms with Gasteiger partial charge >= 0.3 is 0 Å². The minimum Gasteiger partial charge on any atom is -0.389 e. The van der Waals surface area contributed by atoms with Gasteiger partial charge < -0.3 is 5.73 Å². The van der Waals surface area contributed by atoms with Crippen LogP contribution in [0.3, 0.4) is 0 Å². The first-order chi connectivity index (χ1) is 9.32. The fourth-order valence-corrected chi connectivity index (χ4v) is 4.52. The summed E-state index contributed by atoms with van der Waals surface area (Å²) in [5.41, 5.74) is 6.16. The zero-order chi connectivity index (χ0) is 14.9. The van der Waals surface area contributed by atoms with Crippen LogP contribution >= 0.6 is 12.2 Å². The molecule has 0 amide bonds. The van der Waals surface area contributed by atoms with Crippen LogP contribution < -0.4 is 5.73 Å². The number of sulfonamides is 1. The third kappa shape index (κ3) is 3.02. The summed E-state index contributed by atoms with van der Waals surface area (Å²) in [4.78, 5) is 0.478. The first-order valence-corrected chi connectivity index (χ1v) is 8.59. The Morgan fingerprint density at radius 3 is 2.70 bits per heavy atom. The molecule has 1 saturated heterocycles. The molecule has 0 bridgehead atoms. The van der Waals surface area contributed by atoms with Crippen molar-refractivity contribution in [1.82, 2.24) is 4.31 Å². The first kappa shape index (κ1) is 15.4. The topological polar surface area (TPSA) is 63.4 Å². The number of thiocarbonyl (C=S) groups is 1. The van der Waals surface area contributed by atoms with Crippen LogP contribution in [0.2, 0.25) is 0 Å². The summed E-state index contributed by atoms with van der Waals surface area (Å²) in [6.45, 7) is 4.69. The molecular formula is C14H20N2O2S2. The smallest absolute Gasteiger partial charge is 0.243 e. The van der Waals surface area contributed by atoms with Gasteiger partial charge in [0.2, 0.25) is 10.0 Å². The van der Waals surface area contributed by atoms with E-state index in [9.17, 15) is 8.42 Å². The van der Waals surface area contributed by atoms with Gasteiger partial charge in [0.1, 0.15) is 4.99 Å². The number of rotatable bonds is 3. The summed E-state index contributed by atoms with van der Waals surface area (Å²) in [5.74, 6) is 0.569. The lowest BCUT2D eigenvalue weighted by atomic mass is 9.95. The van der Waals surface area contributed by atoms with Crippen LogP contribution in [-0.4, -0.2) is 30.3 Å². The molecule has 0 radical (unpaired) electrons. The lowest BCUT2D eigenvalue weighted by molar-refractivity contribution is 0.220. The van der Waals surface area contributed by atoms with Gasteiger partial charge in [0, 0.05) is 18.2 Å². The molecule has 0 aliphatic carbocycles. The fourth-order valence-electron chi connectivity index (χ4n) is 2.69. The monoisotopic (exact) mass is 312 g/mol. The number of piperidine rings is 1. The highest BCUT2D eigenvalue weighted by atomic mass is 32.2. The van der Waals surface area contributed by atoms with Crippen LogP contribution in [0.25, 0.3) is 0 Å². The van der Waals surface area contributed by atoms with Crippen LogP contribution in [0.1, 0.15) is 32.3 Å². The normalized spacial score (nSPS) is 24.5. The van der Waals surface area contributed by atoms with Crippen molar-refractivity contribution in [1.29, 1.82) is 0 Å². The molecule has 0 saturated carbocycles. The molecule has 1 aliphatic rings. The second-order valence-corrected chi connectivity index (χ2v) is 7.82. The number of nitrogens with two attached hydrogens (primary N) is 1. The maximum absolute atomic E-state index is 12.7. The van der Waals surface area contributed by atoms with E-state index in [0.717, 1.165) is 12.8 Å². The van der Waals surface area contributed by atoms with Gasteiger partial charge in [-0.05, 0) is 37.8 Å². The van der Waals surface area contributed by atoms with Crippen molar-refractivity contribution in [2.45, 2.75) is 37.6 Å². The van der Waals surface area contributed by atoms with Gasteiger partial charge in [-0.25, -0.2) is 8.42 Å². The number of hydrogen-bond acceptors (Lipinski definition) is 3. The van der Waals surface area contributed by atoms with Gasteiger partial charge in [0.25, 0.3) is 0 Å².